The van der Waals surface area contributed by atoms with E-state index >= 15 is 0 Å². The standard InChI is InChI=1S/C14H17ClN2O3/c1-9-6-10(7-12(15)16-9)14(20)17(8-13(18)19)11-4-2-3-5-11/h6-7,11H,2-5,8H2,1H3,(H,18,19). The number of aromatic nitrogens is 1. The molecule has 1 aliphatic rings. The summed E-state index contributed by atoms with van der Waals surface area (Å²) < 4.78 is 0. The highest BCUT2D eigenvalue weighted by Crippen LogP contribution is 2.25. The van der Waals surface area contributed by atoms with Gasteiger partial charge in [-0.2, -0.15) is 0 Å². The quantitative estimate of drug-likeness (QED) is 0.867. The molecule has 0 saturated heterocycles. The number of pyridine rings is 1. The zero-order chi connectivity index (χ0) is 14.7. The smallest absolute Gasteiger partial charge is 0.323 e. The molecule has 1 aromatic rings. The average Bonchev–Trinajstić information content (AvgIpc) is 2.87. The number of carbonyl (C=O) groups is 2. The maximum atomic E-state index is 12.5. The molecule has 0 bridgehead atoms. The van der Waals surface area contributed by atoms with Crippen LogP contribution in [0.5, 0.6) is 0 Å². The predicted octanol–water partition coefficient (Wildman–Crippen LogP) is 2.51. The van der Waals surface area contributed by atoms with E-state index in [9.17, 15) is 9.59 Å². The molecule has 20 heavy (non-hydrogen) atoms. The summed E-state index contributed by atoms with van der Waals surface area (Å²) in [6.45, 7) is 1.47. The molecular formula is C14H17ClN2O3. The Balaban J connectivity index is 2.26. The number of nitrogens with zero attached hydrogens (tertiary/aromatic N) is 2. The van der Waals surface area contributed by atoms with Gasteiger partial charge in [0.1, 0.15) is 11.7 Å². The number of carbonyl (C=O) groups excluding carboxylic acids is 1. The topological polar surface area (TPSA) is 70.5 Å². The van der Waals surface area contributed by atoms with Gasteiger partial charge in [-0.15, -0.1) is 0 Å². The molecule has 1 saturated carbocycles. The molecule has 5 nitrogen and oxygen atoms in total. The number of aliphatic carboxylic acids is 1. The Morgan fingerprint density at radius 3 is 2.60 bits per heavy atom. The van der Waals surface area contributed by atoms with Gasteiger partial charge in [-0.3, -0.25) is 9.59 Å². The molecule has 108 valence electrons. The van der Waals surface area contributed by atoms with Crippen molar-refractivity contribution in [2.45, 2.75) is 38.6 Å². The molecule has 1 heterocycles. The summed E-state index contributed by atoms with van der Waals surface area (Å²) in [5, 5.41) is 9.26. The number of hydrogen-bond acceptors (Lipinski definition) is 3. The lowest BCUT2D eigenvalue weighted by molar-refractivity contribution is -0.138. The molecule has 1 aliphatic carbocycles. The van der Waals surface area contributed by atoms with E-state index in [1.54, 1.807) is 13.0 Å². The van der Waals surface area contributed by atoms with Crippen molar-refractivity contribution in [2.75, 3.05) is 6.54 Å². The number of rotatable bonds is 4. The van der Waals surface area contributed by atoms with Gasteiger partial charge >= 0.3 is 5.97 Å². The van der Waals surface area contributed by atoms with E-state index in [1.165, 1.54) is 11.0 Å². The van der Waals surface area contributed by atoms with Crippen LogP contribution in [0.3, 0.4) is 0 Å². The highest BCUT2D eigenvalue weighted by Gasteiger charge is 2.29. The average molecular weight is 297 g/mol. The summed E-state index contributed by atoms with van der Waals surface area (Å²) in [6.07, 6.45) is 3.78. The molecular weight excluding hydrogens is 280 g/mol. The van der Waals surface area contributed by atoms with E-state index in [0.29, 0.717) is 11.3 Å². The molecule has 0 atom stereocenters. The first-order valence-electron chi connectivity index (χ1n) is 6.64. The molecule has 6 heteroatoms. The van der Waals surface area contributed by atoms with Gasteiger partial charge in [0.15, 0.2) is 0 Å². The minimum atomic E-state index is -0.998. The predicted molar refractivity (Wildman–Crippen MR) is 74.9 cm³/mol. The molecule has 0 aromatic carbocycles. The first-order chi connectivity index (χ1) is 9.47. The molecule has 1 amide bonds. The van der Waals surface area contributed by atoms with Crippen molar-refractivity contribution >= 4 is 23.5 Å². The van der Waals surface area contributed by atoms with Gasteiger partial charge in [0.25, 0.3) is 5.91 Å². The second-order valence-electron chi connectivity index (χ2n) is 5.08. The largest absolute Gasteiger partial charge is 0.480 e. The van der Waals surface area contributed by atoms with Crippen LogP contribution in [0, 0.1) is 6.92 Å². The van der Waals surface area contributed by atoms with E-state index < -0.39 is 5.97 Å². The minimum absolute atomic E-state index is 0.00541. The summed E-state index contributed by atoms with van der Waals surface area (Å²) in [5.74, 6) is -1.28. The number of hydrogen-bond donors (Lipinski definition) is 1. The van der Waals surface area contributed by atoms with Crippen molar-refractivity contribution in [3.05, 3.63) is 28.5 Å². The first kappa shape index (κ1) is 14.8. The Morgan fingerprint density at radius 2 is 2.05 bits per heavy atom. The van der Waals surface area contributed by atoms with Crippen molar-refractivity contribution < 1.29 is 14.7 Å². The van der Waals surface area contributed by atoms with Crippen LogP contribution < -0.4 is 0 Å². The van der Waals surface area contributed by atoms with Gasteiger partial charge in [0.05, 0.1) is 0 Å². The van der Waals surface area contributed by atoms with Gasteiger partial charge in [-0.05, 0) is 31.9 Å². The molecule has 0 unspecified atom stereocenters. The van der Waals surface area contributed by atoms with Crippen molar-refractivity contribution in [2.24, 2.45) is 0 Å². The van der Waals surface area contributed by atoms with Crippen LogP contribution in [0.2, 0.25) is 5.15 Å². The Kier molecular flexibility index (Phi) is 4.60. The summed E-state index contributed by atoms with van der Waals surface area (Å²) in [5.41, 5.74) is 1.04. The van der Waals surface area contributed by atoms with Gasteiger partial charge in [0.2, 0.25) is 0 Å². The maximum absolute atomic E-state index is 12.5. The Labute approximate surface area is 122 Å². The van der Waals surface area contributed by atoms with Crippen LogP contribution >= 0.6 is 11.6 Å². The molecule has 1 aromatic heterocycles. The van der Waals surface area contributed by atoms with Crippen LogP contribution in [0.4, 0.5) is 0 Å². The van der Waals surface area contributed by atoms with Crippen molar-refractivity contribution in [1.29, 1.82) is 0 Å². The summed E-state index contributed by atoms with van der Waals surface area (Å²) in [7, 11) is 0. The van der Waals surface area contributed by atoms with Crippen LogP contribution in [-0.4, -0.2) is 39.5 Å². The van der Waals surface area contributed by atoms with E-state index in [1.807, 2.05) is 0 Å². The lowest BCUT2D eigenvalue weighted by atomic mass is 10.1. The second-order valence-corrected chi connectivity index (χ2v) is 5.47. The molecule has 0 aliphatic heterocycles. The minimum Gasteiger partial charge on any atom is -0.480 e. The van der Waals surface area contributed by atoms with Crippen molar-refractivity contribution in [3.8, 4) is 0 Å². The summed E-state index contributed by atoms with van der Waals surface area (Å²) >= 11 is 5.87. The van der Waals surface area contributed by atoms with E-state index in [-0.39, 0.29) is 23.6 Å². The molecule has 1 fully saturated rings. The van der Waals surface area contributed by atoms with Crippen LogP contribution in [0.25, 0.3) is 0 Å². The number of carboxylic acid groups (broad SMARTS) is 1. The zero-order valence-electron chi connectivity index (χ0n) is 11.3. The second kappa shape index (κ2) is 6.22. The van der Waals surface area contributed by atoms with Gasteiger partial charge in [-0.25, -0.2) is 4.98 Å². The first-order valence-corrected chi connectivity index (χ1v) is 7.02. The molecule has 0 radical (unpaired) electrons. The number of halogens is 1. The third kappa shape index (κ3) is 3.48. The molecule has 1 N–H and O–H groups in total. The Hall–Kier alpha value is -1.62. The maximum Gasteiger partial charge on any atom is 0.323 e. The fourth-order valence-corrected chi connectivity index (χ4v) is 2.90. The van der Waals surface area contributed by atoms with Crippen molar-refractivity contribution in [3.63, 3.8) is 0 Å². The van der Waals surface area contributed by atoms with Gasteiger partial charge in [-0.1, -0.05) is 24.4 Å². The SMILES string of the molecule is Cc1cc(C(=O)N(CC(=O)O)C2CCCC2)cc(Cl)n1. The number of aryl methyl sites for hydroxylation is 1. The Bertz CT molecular complexity index is 507. The third-order valence-electron chi connectivity index (χ3n) is 3.50. The lowest BCUT2D eigenvalue weighted by Gasteiger charge is -2.27. The zero-order valence-corrected chi connectivity index (χ0v) is 12.1. The highest BCUT2D eigenvalue weighted by molar-refractivity contribution is 6.29. The highest BCUT2D eigenvalue weighted by atomic mass is 35.5. The van der Waals surface area contributed by atoms with E-state index in [4.69, 9.17) is 16.7 Å². The third-order valence-corrected chi connectivity index (χ3v) is 3.69. The van der Waals surface area contributed by atoms with E-state index in [2.05, 4.69) is 4.98 Å². The summed E-state index contributed by atoms with van der Waals surface area (Å²) in [4.78, 5) is 29.0. The normalized spacial score (nSPS) is 15.3. The summed E-state index contributed by atoms with van der Waals surface area (Å²) in [6, 6.07) is 3.13. The molecule has 0 spiro atoms. The van der Waals surface area contributed by atoms with Gasteiger partial charge in [0, 0.05) is 17.3 Å². The molecule has 2 rings (SSSR count). The van der Waals surface area contributed by atoms with Crippen LogP contribution in [-0.2, 0) is 4.79 Å². The fourth-order valence-electron chi connectivity index (χ4n) is 2.65. The Morgan fingerprint density at radius 1 is 1.40 bits per heavy atom. The fraction of sp³-hybridized carbons (Fsp3) is 0.500. The lowest BCUT2D eigenvalue weighted by Crippen LogP contribution is -2.42. The monoisotopic (exact) mass is 296 g/mol. The number of amides is 1. The van der Waals surface area contributed by atoms with Crippen molar-refractivity contribution in [1.82, 2.24) is 9.88 Å². The van der Waals surface area contributed by atoms with E-state index in [0.717, 1.165) is 25.7 Å². The van der Waals surface area contributed by atoms with Crippen LogP contribution in [0.15, 0.2) is 12.1 Å². The van der Waals surface area contributed by atoms with Crippen LogP contribution in [0.1, 0.15) is 41.7 Å². The number of carboxylic acids is 1. The van der Waals surface area contributed by atoms with Gasteiger partial charge < -0.3 is 10.0 Å².